The number of halogens is 2. The molecule has 0 saturated carbocycles. The molecule has 2 rings (SSSR count). The van der Waals surface area contributed by atoms with Gasteiger partial charge in [0.2, 0.25) is 0 Å². The number of nitrogens with one attached hydrogen (secondary N) is 1. The van der Waals surface area contributed by atoms with E-state index in [1.165, 1.54) is 42.5 Å². The van der Waals surface area contributed by atoms with E-state index in [4.69, 9.17) is 21.2 Å². The molecule has 2 aromatic carbocycles. The standard InChI is InChI=1S/C11H9FN2O.C11H7FN2O/c2*12-10-4-2-1-3-9(10)11(15)5-8(6-13)7-14/h1-4,6,8,13H,5H2;1-4,8H,5H2. The number of hydrogen-bond donors (Lipinski definition) is 1. The first-order chi connectivity index (χ1) is 14.4. The molecular formula is C22H16F2N4O2. The van der Waals surface area contributed by atoms with E-state index in [-0.39, 0.29) is 24.0 Å². The molecule has 0 heterocycles. The molecule has 1 unspecified atom stereocenters. The van der Waals surface area contributed by atoms with Crippen molar-refractivity contribution in [2.24, 2.45) is 11.8 Å². The van der Waals surface area contributed by atoms with Crippen LogP contribution in [0.3, 0.4) is 0 Å². The zero-order valence-electron chi connectivity index (χ0n) is 15.7. The van der Waals surface area contributed by atoms with Gasteiger partial charge in [-0.25, -0.2) is 8.78 Å². The quantitative estimate of drug-likeness (QED) is 0.543. The zero-order chi connectivity index (χ0) is 22.5. The first-order valence-electron chi connectivity index (χ1n) is 8.62. The van der Waals surface area contributed by atoms with E-state index in [0.717, 1.165) is 6.21 Å². The highest BCUT2D eigenvalue weighted by atomic mass is 19.1. The van der Waals surface area contributed by atoms with Crippen molar-refractivity contribution in [3.8, 4) is 18.2 Å². The second-order valence-electron chi connectivity index (χ2n) is 5.93. The van der Waals surface area contributed by atoms with Gasteiger partial charge in [0.05, 0.1) is 35.3 Å². The molecule has 0 radical (unpaired) electrons. The van der Waals surface area contributed by atoms with Crippen LogP contribution in [0.1, 0.15) is 33.6 Å². The van der Waals surface area contributed by atoms with E-state index in [0.29, 0.717) is 0 Å². The van der Waals surface area contributed by atoms with Crippen LogP contribution < -0.4 is 0 Å². The second-order valence-corrected chi connectivity index (χ2v) is 5.93. The summed E-state index contributed by atoms with van der Waals surface area (Å²) in [5, 5.41) is 32.4. The summed E-state index contributed by atoms with van der Waals surface area (Å²) in [6, 6.07) is 16.2. The highest BCUT2D eigenvalue weighted by Crippen LogP contribution is 2.13. The third kappa shape index (κ3) is 7.07. The summed E-state index contributed by atoms with van der Waals surface area (Å²) in [5.74, 6) is -4.00. The number of benzene rings is 2. The molecule has 150 valence electrons. The van der Waals surface area contributed by atoms with E-state index >= 15 is 0 Å². The number of ketones is 2. The SMILES string of the molecule is N#CC(C#N)CC(=O)c1ccccc1F.N#CC(C=N)CC(=O)c1ccccc1F. The van der Waals surface area contributed by atoms with Crippen molar-refractivity contribution >= 4 is 17.8 Å². The van der Waals surface area contributed by atoms with Gasteiger partial charge in [-0.3, -0.25) is 9.59 Å². The number of carbonyl (C=O) groups is 2. The third-order valence-corrected chi connectivity index (χ3v) is 3.82. The Hall–Kier alpha value is -4.22. The van der Waals surface area contributed by atoms with Gasteiger partial charge in [-0.15, -0.1) is 0 Å². The van der Waals surface area contributed by atoms with Crippen molar-refractivity contribution in [3.63, 3.8) is 0 Å². The first kappa shape index (κ1) is 23.8. The van der Waals surface area contributed by atoms with Crippen LogP contribution in [0.25, 0.3) is 0 Å². The molecule has 8 heteroatoms. The smallest absolute Gasteiger partial charge is 0.168 e. The summed E-state index contributed by atoms with van der Waals surface area (Å²) in [7, 11) is 0. The number of Topliss-reactive ketones (excluding diaryl/α,β-unsaturated/α-hetero) is 2. The number of rotatable bonds is 7. The maximum Gasteiger partial charge on any atom is 0.168 e. The third-order valence-electron chi connectivity index (χ3n) is 3.82. The minimum absolute atomic E-state index is 0.0281. The molecule has 0 aromatic heterocycles. The fourth-order valence-electron chi connectivity index (χ4n) is 2.24. The largest absolute Gasteiger partial charge is 0.312 e. The highest BCUT2D eigenvalue weighted by Gasteiger charge is 2.17. The molecule has 1 atom stereocenters. The Morgan fingerprint density at radius 3 is 1.63 bits per heavy atom. The highest BCUT2D eigenvalue weighted by molar-refractivity contribution is 5.98. The number of nitriles is 3. The van der Waals surface area contributed by atoms with Gasteiger partial charge in [0.15, 0.2) is 11.6 Å². The zero-order valence-corrected chi connectivity index (χ0v) is 15.7. The molecule has 0 aliphatic rings. The minimum atomic E-state index is -1.02. The Labute approximate surface area is 172 Å². The Morgan fingerprint density at radius 2 is 1.27 bits per heavy atom. The normalized spacial score (nSPS) is 10.4. The van der Waals surface area contributed by atoms with Crippen molar-refractivity contribution in [2.45, 2.75) is 12.8 Å². The lowest BCUT2D eigenvalue weighted by molar-refractivity contribution is 0.0965. The molecule has 0 saturated heterocycles. The van der Waals surface area contributed by atoms with Crippen molar-refractivity contribution < 1.29 is 18.4 Å². The van der Waals surface area contributed by atoms with Crippen LogP contribution >= 0.6 is 0 Å². The molecule has 6 nitrogen and oxygen atoms in total. The summed E-state index contributed by atoms with van der Waals surface area (Å²) in [6.07, 6.45) is 0.466. The second kappa shape index (κ2) is 12.3. The molecule has 30 heavy (non-hydrogen) atoms. The molecular weight excluding hydrogens is 390 g/mol. The lowest BCUT2D eigenvalue weighted by Gasteiger charge is -2.03. The van der Waals surface area contributed by atoms with Gasteiger partial charge in [-0.1, -0.05) is 24.3 Å². The van der Waals surface area contributed by atoms with Gasteiger partial charge in [0.1, 0.15) is 17.6 Å². The maximum absolute atomic E-state index is 13.1. The minimum Gasteiger partial charge on any atom is -0.312 e. The van der Waals surface area contributed by atoms with Gasteiger partial charge >= 0.3 is 0 Å². The topological polar surface area (TPSA) is 129 Å². The van der Waals surface area contributed by atoms with Crippen molar-refractivity contribution in [2.75, 3.05) is 0 Å². The predicted octanol–water partition coefficient (Wildman–Crippen LogP) is 4.25. The Morgan fingerprint density at radius 1 is 0.833 bits per heavy atom. The molecule has 0 amide bonds. The van der Waals surface area contributed by atoms with Crippen LogP contribution in [-0.2, 0) is 0 Å². The van der Waals surface area contributed by atoms with Crippen LogP contribution in [-0.4, -0.2) is 17.8 Å². The van der Waals surface area contributed by atoms with E-state index in [1.54, 1.807) is 24.3 Å². The van der Waals surface area contributed by atoms with Gasteiger partial charge in [0.25, 0.3) is 0 Å². The lowest BCUT2D eigenvalue weighted by atomic mass is 10.00. The van der Waals surface area contributed by atoms with Crippen molar-refractivity contribution in [1.29, 1.82) is 21.2 Å². The molecule has 0 fully saturated rings. The van der Waals surface area contributed by atoms with Gasteiger partial charge in [-0.05, 0) is 24.3 Å². The van der Waals surface area contributed by atoms with E-state index in [2.05, 4.69) is 0 Å². The van der Waals surface area contributed by atoms with Crippen LogP contribution in [0.2, 0.25) is 0 Å². The van der Waals surface area contributed by atoms with Gasteiger partial charge in [-0.2, -0.15) is 15.8 Å². The Balaban J connectivity index is 0.000000300. The van der Waals surface area contributed by atoms with E-state index in [9.17, 15) is 18.4 Å². The molecule has 0 bridgehead atoms. The van der Waals surface area contributed by atoms with Crippen molar-refractivity contribution in [3.05, 3.63) is 71.3 Å². The molecule has 1 N–H and O–H groups in total. The average molecular weight is 406 g/mol. The lowest BCUT2D eigenvalue weighted by Crippen LogP contribution is -2.09. The number of hydrogen-bond acceptors (Lipinski definition) is 6. The molecule has 2 aromatic rings. The van der Waals surface area contributed by atoms with E-state index in [1.807, 2.05) is 0 Å². The average Bonchev–Trinajstić information content (AvgIpc) is 2.76. The van der Waals surface area contributed by atoms with Crippen molar-refractivity contribution in [1.82, 2.24) is 0 Å². The Bertz CT molecular complexity index is 1030. The predicted molar refractivity (Wildman–Crippen MR) is 103 cm³/mol. The van der Waals surface area contributed by atoms with Crippen LogP contribution in [0.4, 0.5) is 8.78 Å². The number of nitrogens with zero attached hydrogens (tertiary/aromatic N) is 3. The first-order valence-corrected chi connectivity index (χ1v) is 8.62. The molecule has 0 spiro atoms. The van der Waals surface area contributed by atoms with Gasteiger partial charge < -0.3 is 5.41 Å². The number of carbonyl (C=O) groups excluding carboxylic acids is 2. The van der Waals surface area contributed by atoms with E-state index < -0.39 is 35.0 Å². The van der Waals surface area contributed by atoms with Gasteiger partial charge in [0, 0.05) is 19.1 Å². The summed E-state index contributed by atoms with van der Waals surface area (Å²) in [5.41, 5.74) is -0.104. The van der Waals surface area contributed by atoms with Crippen LogP contribution in [0.15, 0.2) is 48.5 Å². The Kier molecular flexibility index (Phi) is 9.75. The molecule has 0 aliphatic heterocycles. The fourth-order valence-corrected chi connectivity index (χ4v) is 2.24. The summed E-state index contributed by atoms with van der Waals surface area (Å²) >= 11 is 0. The van der Waals surface area contributed by atoms with Crippen LogP contribution in [0.5, 0.6) is 0 Å². The summed E-state index contributed by atoms with van der Waals surface area (Å²) in [4.78, 5) is 23.0. The molecule has 0 aliphatic carbocycles. The van der Waals surface area contributed by atoms with Crippen LogP contribution in [0, 0.1) is 62.9 Å². The maximum atomic E-state index is 13.1. The summed E-state index contributed by atoms with van der Waals surface area (Å²) < 4.78 is 26.2. The fraction of sp³-hybridized carbons (Fsp3) is 0.182. The monoisotopic (exact) mass is 406 g/mol. The summed E-state index contributed by atoms with van der Waals surface area (Å²) in [6.45, 7) is 0.